The number of halogens is 3. The van der Waals surface area contributed by atoms with Crippen molar-refractivity contribution in [3.8, 4) is 17.0 Å². The van der Waals surface area contributed by atoms with Crippen molar-refractivity contribution in [2.75, 3.05) is 12.9 Å². The summed E-state index contributed by atoms with van der Waals surface area (Å²) in [6.45, 7) is 3.85. The van der Waals surface area contributed by atoms with Gasteiger partial charge in [-0.25, -0.2) is 9.97 Å². The van der Waals surface area contributed by atoms with E-state index in [2.05, 4.69) is 15.3 Å². The molecule has 0 unspecified atom stereocenters. The van der Waals surface area contributed by atoms with Gasteiger partial charge in [-0.1, -0.05) is 18.7 Å². The van der Waals surface area contributed by atoms with E-state index in [1.54, 1.807) is 24.3 Å². The predicted molar refractivity (Wildman–Crippen MR) is 102 cm³/mol. The number of rotatable bonds is 8. The van der Waals surface area contributed by atoms with Crippen LogP contribution in [0.3, 0.4) is 0 Å². The number of alkyl halides is 3. The maximum atomic E-state index is 13.2. The Bertz CT molecular complexity index is 798. The summed E-state index contributed by atoms with van der Waals surface area (Å²) in [6, 6.07) is 7.55. The fourth-order valence-corrected chi connectivity index (χ4v) is 3.02. The van der Waals surface area contributed by atoms with Gasteiger partial charge in [-0.3, -0.25) is 4.79 Å². The average molecular weight is 413 g/mol. The second-order valence-electron chi connectivity index (χ2n) is 6.12. The number of carbonyl (C=O) groups is 1. The molecule has 2 aromatic rings. The van der Waals surface area contributed by atoms with Crippen LogP contribution in [-0.4, -0.2) is 34.8 Å². The van der Waals surface area contributed by atoms with Crippen LogP contribution in [0.1, 0.15) is 32.4 Å². The van der Waals surface area contributed by atoms with Gasteiger partial charge in [0.05, 0.1) is 12.8 Å². The minimum atomic E-state index is -4.59. The number of methoxy groups -OCH3 is 1. The molecule has 28 heavy (non-hydrogen) atoms. The molecule has 152 valence electrons. The molecule has 1 heterocycles. The highest BCUT2D eigenvalue weighted by molar-refractivity contribution is 7.99. The fraction of sp³-hybridized carbons (Fsp3) is 0.421. The van der Waals surface area contributed by atoms with E-state index in [0.29, 0.717) is 11.3 Å². The summed E-state index contributed by atoms with van der Waals surface area (Å²) in [5, 5.41) is 2.80. The number of thioether (sulfide) groups is 1. The van der Waals surface area contributed by atoms with Gasteiger partial charge in [0, 0.05) is 23.8 Å². The van der Waals surface area contributed by atoms with Crippen molar-refractivity contribution in [1.82, 2.24) is 15.3 Å². The lowest BCUT2D eigenvalue weighted by molar-refractivity contribution is -0.141. The molecule has 0 bridgehead atoms. The summed E-state index contributed by atoms with van der Waals surface area (Å²) >= 11 is 1.02. The van der Waals surface area contributed by atoms with Crippen LogP contribution in [0.4, 0.5) is 13.2 Å². The molecule has 2 rings (SSSR count). The SMILES string of the molecule is CC[C@H](C)NC(=O)CCSc1nc(-c2ccc(OC)cc2)cc(C(F)(F)F)n1. The average Bonchev–Trinajstić information content (AvgIpc) is 2.67. The number of hydrogen-bond donors (Lipinski definition) is 1. The van der Waals surface area contributed by atoms with Crippen LogP contribution >= 0.6 is 11.8 Å². The first kappa shape index (κ1) is 22.0. The summed E-state index contributed by atoms with van der Waals surface area (Å²) < 4.78 is 44.8. The van der Waals surface area contributed by atoms with Gasteiger partial charge in [-0.15, -0.1) is 0 Å². The van der Waals surface area contributed by atoms with Crippen molar-refractivity contribution in [3.63, 3.8) is 0 Å². The third-order valence-corrected chi connectivity index (χ3v) is 4.81. The molecule has 1 aromatic carbocycles. The highest BCUT2D eigenvalue weighted by Gasteiger charge is 2.33. The van der Waals surface area contributed by atoms with E-state index in [-0.39, 0.29) is 35.0 Å². The molecule has 0 saturated carbocycles. The van der Waals surface area contributed by atoms with Gasteiger partial charge in [0.15, 0.2) is 5.16 Å². The van der Waals surface area contributed by atoms with Crippen LogP contribution in [0.15, 0.2) is 35.5 Å². The second kappa shape index (κ2) is 9.77. The number of carbonyl (C=O) groups excluding carboxylic acids is 1. The topological polar surface area (TPSA) is 64.1 Å². The Labute approximate surface area is 166 Å². The molecule has 0 aliphatic carbocycles. The standard InChI is InChI=1S/C19H22F3N3O2S/c1-4-12(2)23-17(26)9-10-28-18-24-15(11-16(25-18)19(20,21)22)13-5-7-14(27-3)8-6-13/h5-8,11-12H,4,9-10H2,1-3H3,(H,23,26)/t12-/m0/s1. The van der Waals surface area contributed by atoms with Crippen molar-refractivity contribution >= 4 is 17.7 Å². The van der Waals surface area contributed by atoms with E-state index in [9.17, 15) is 18.0 Å². The van der Waals surface area contributed by atoms with Crippen LogP contribution in [0.2, 0.25) is 0 Å². The minimum absolute atomic E-state index is 0.0167. The van der Waals surface area contributed by atoms with Gasteiger partial charge >= 0.3 is 6.18 Å². The summed E-state index contributed by atoms with van der Waals surface area (Å²) in [5.41, 5.74) is -0.332. The number of nitrogens with zero attached hydrogens (tertiary/aromatic N) is 2. The number of amides is 1. The van der Waals surface area contributed by atoms with Crippen LogP contribution in [0, 0.1) is 0 Å². The number of benzene rings is 1. The fourth-order valence-electron chi connectivity index (χ4n) is 2.23. The Morgan fingerprint density at radius 3 is 2.50 bits per heavy atom. The van der Waals surface area contributed by atoms with Gasteiger partial charge in [-0.2, -0.15) is 13.2 Å². The maximum Gasteiger partial charge on any atom is 0.433 e. The molecule has 5 nitrogen and oxygen atoms in total. The third kappa shape index (κ3) is 6.40. The maximum absolute atomic E-state index is 13.2. The lowest BCUT2D eigenvalue weighted by atomic mass is 10.1. The Balaban J connectivity index is 2.18. The predicted octanol–water partition coefficient (Wildman–Crippen LogP) is 4.57. The number of nitrogens with one attached hydrogen (secondary N) is 1. The zero-order valence-electron chi connectivity index (χ0n) is 15.8. The molecule has 0 fully saturated rings. The minimum Gasteiger partial charge on any atom is -0.497 e. The van der Waals surface area contributed by atoms with Crippen LogP contribution in [0.5, 0.6) is 5.75 Å². The lowest BCUT2D eigenvalue weighted by Crippen LogP contribution is -2.32. The second-order valence-corrected chi connectivity index (χ2v) is 7.18. The largest absolute Gasteiger partial charge is 0.497 e. The highest BCUT2D eigenvalue weighted by atomic mass is 32.2. The van der Waals surface area contributed by atoms with Crippen molar-refractivity contribution in [2.24, 2.45) is 0 Å². The summed E-state index contributed by atoms with van der Waals surface area (Å²) in [6.07, 6.45) is -3.61. The normalized spacial score (nSPS) is 12.5. The first-order chi connectivity index (χ1) is 13.2. The first-order valence-corrected chi connectivity index (χ1v) is 9.74. The Kier molecular flexibility index (Phi) is 7.68. The summed E-state index contributed by atoms with van der Waals surface area (Å²) in [4.78, 5) is 19.7. The molecule has 1 aromatic heterocycles. The highest BCUT2D eigenvalue weighted by Crippen LogP contribution is 2.32. The molecular formula is C19H22F3N3O2S. The van der Waals surface area contributed by atoms with Crippen LogP contribution in [0.25, 0.3) is 11.3 Å². The third-order valence-electron chi connectivity index (χ3n) is 3.96. The molecule has 0 aliphatic rings. The van der Waals surface area contributed by atoms with E-state index in [1.807, 2.05) is 13.8 Å². The number of ether oxygens (including phenoxy) is 1. The Morgan fingerprint density at radius 2 is 1.93 bits per heavy atom. The van der Waals surface area contributed by atoms with Crippen molar-refractivity contribution in [1.29, 1.82) is 0 Å². The quantitative estimate of drug-likeness (QED) is 0.507. The number of aromatic nitrogens is 2. The Hall–Kier alpha value is -2.29. The number of hydrogen-bond acceptors (Lipinski definition) is 5. The van der Waals surface area contributed by atoms with E-state index in [1.165, 1.54) is 7.11 Å². The molecule has 1 atom stereocenters. The molecule has 0 radical (unpaired) electrons. The van der Waals surface area contributed by atoms with Crippen molar-refractivity contribution in [3.05, 3.63) is 36.0 Å². The smallest absolute Gasteiger partial charge is 0.433 e. The zero-order chi connectivity index (χ0) is 20.7. The molecule has 1 N–H and O–H groups in total. The first-order valence-electron chi connectivity index (χ1n) is 8.75. The summed E-state index contributed by atoms with van der Waals surface area (Å²) in [5.74, 6) is 0.728. The molecule has 0 saturated heterocycles. The monoisotopic (exact) mass is 413 g/mol. The van der Waals surface area contributed by atoms with Gasteiger partial charge < -0.3 is 10.1 Å². The van der Waals surface area contributed by atoms with E-state index < -0.39 is 11.9 Å². The molecule has 1 amide bonds. The van der Waals surface area contributed by atoms with Crippen LogP contribution in [-0.2, 0) is 11.0 Å². The lowest BCUT2D eigenvalue weighted by Gasteiger charge is -2.12. The molecule has 0 aliphatic heterocycles. The van der Waals surface area contributed by atoms with Gasteiger partial charge in [-0.05, 0) is 43.7 Å². The van der Waals surface area contributed by atoms with Crippen LogP contribution < -0.4 is 10.1 Å². The molecule has 9 heteroatoms. The Morgan fingerprint density at radius 1 is 1.25 bits per heavy atom. The molecular weight excluding hydrogens is 391 g/mol. The van der Waals surface area contributed by atoms with Gasteiger partial charge in [0.25, 0.3) is 0 Å². The molecule has 0 spiro atoms. The van der Waals surface area contributed by atoms with Gasteiger partial charge in [0.1, 0.15) is 11.4 Å². The van der Waals surface area contributed by atoms with Gasteiger partial charge in [0.2, 0.25) is 5.91 Å². The van der Waals surface area contributed by atoms with E-state index in [0.717, 1.165) is 24.2 Å². The summed E-state index contributed by atoms with van der Waals surface area (Å²) in [7, 11) is 1.51. The van der Waals surface area contributed by atoms with Crippen molar-refractivity contribution in [2.45, 2.75) is 44.1 Å². The van der Waals surface area contributed by atoms with E-state index in [4.69, 9.17) is 4.74 Å². The van der Waals surface area contributed by atoms with E-state index >= 15 is 0 Å². The zero-order valence-corrected chi connectivity index (χ0v) is 16.7. The van der Waals surface area contributed by atoms with Crippen molar-refractivity contribution < 1.29 is 22.7 Å².